The average Bonchev–Trinajstić information content (AvgIpc) is 2.84. The Kier molecular flexibility index (Phi) is 4.87. The molecule has 0 fully saturated rings. The number of aryl methyl sites for hydroxylation is 1. The largest absolute Gasteiger partial charge is 0.396 e. The van der Waals surface area contributed by atoms with Gasteiger partial charge < -0.3 is 10.4 Å². The van der Waals surface area contributed by atoms with E-state index >= 15 is 0 Å². The van der Waals surface area contributed by atoms with Crippen molar-refractivity contribution in [2.75, 3.05) is 13.2 Å². The summed E-state index contributed by atoms with van der Waals surface area (Å²) in [6.45, 7) is 3.91. The fourth-order valence-electron chi connectivity index (χ4n) is 1.64. The first-order valence-corrected chi connectivity index (χ1v) is 7.00. The highest BCUT2D eigenvalue weighted by molar-refractivity contribution is 7.13. The summed E-state index contributed by atoms with van der Waals surface area (Å²) in [6, 6.07) is 8.43. The molecule has 0 saturated carbocycles. The molecular formula is C14H18N2OS. The van der Waals surface area contributed by atoms with Gasteiger partial charge in [0.15, 0.2) is 0 Å². The topological polar surface area (TPSA) is 45.2 Å². The third-order valence-corrected chi connectivity index (χ3v) is 3.61. The lowest BCUT2D eigenvalue weighted by atomic mass is 10.2. The minimum Gasteiger partial charge on any atom is -0.396 e. The van der Waals surface area contributed by atoms with Crippen molar-refractivity contribution in [1.82, 2.24) is 10.3 Å². The number of nitrogens with zero attached hydrogens (tertiary/aromatic N) is 1. The molecule has 4 heteroatoms. The molecule has 0 spiro atoms. The van der Waals surface area contributed by atoms with Crippen LogP contribution in [0.1, 0.15) is 17.7 Å². The first-order valence-electron chi connectivity index (χ1n) is 6.12. The molecule has 18 heavy (non-hydrogen) atoms. The van der Waals surface area contributed by atoms with Crippen molar-refractivity contribution in [1.29, 1.82) is 0 Å². The summed E-state index contributed by atoms with van der Waals surface area (Å²) in [6.07, 6.45) is 0.787. The molecule has 0 aliphatic carbocycles. The third-order valence-electron chi connectivity index (χ3n) is 2.67. The summed E-state index contributed by atoms with van der Waals surface area (Å²) in [4.78, 5) is 4.60. The first kappa shape index (κ1) is 13.2. The molecule has 2 N–H and O–H groups in total. The van der Waals surface area contributed by atoms with Gasteiger partial charge in [-0.2, -0.15) is 0 Å². The second-order valence-electron chi connectivity index (χ2n) is 4.26. The van der Waals surface area contributed by atoms with Crippen LogP contribution in [0.2, 0.25) is 0 Å². The van der Waals surface area contributed by atoms with E-state index in [1.54, 1.807) is 11.3 Å². The van der Waals surface area contributed by atoms with E-state index in [4.69, 9.17) is 5.11 Å². The summed E-state index contributed by atoms with van der Waals surface area (Å²) >= 11 is 1.67. The molecule has 0 atom stereocenters. The van der Waals surface area contributed by atoms with Crippen LogP contribution in [0.5, 0.6) is 0 Å². The minimum absolute atomic E-state index is 0.235. The number of rotatable bonds is 6. The normalized spacial score (nSPS) is 10.8. The molecule has 0 radical (unpaired) electrons. The zero-order valence-corrected chi connectivity index (χ0v) is 11.3. The fourth-order valence-corrected chi connectivity index (χ4v) is 2.46. The van der Waals surface area contributed by atoms with Gasteiger partial charge in [-0.25, -0.2) is 4.98 Å². The van der Waals surface area contributed by atoms with E-state index in [0.29, 0.717) is 0 Å². The highest BCUT2D eigenvalue weighted by Crippen LogP contribution is 2.23. The SMILES string of the molecule is Cc1ccc(-c2nc(CNCCCO)cs2)cc1. The highest BCUT2D eigenvalue weighted by Gasteiger charge is 2.04. The van der Waals surface area contributed by atoms with Crippen LogP contribution in [-0.4, -0.2) is 23.2 Å². The van der Waals surface area contributed by atoms with Crippen LogP contribution in [0.25, 0.3) is 10.6 Å². The van der Waals surface area contributed by atoms with Crippen molar-refractivity contribution in [3.63, 3.8) is 0 Å². The number of nitrogens with one attached hydrogen (secondary N) is 1. The predicted octanol–water partition coefficient (Wildman–Crippen LogP) is 2.59. The van der Waals surface area contributed by atoms with E-state index in [2.05, 4.69) is 46.9 Å². The second-order valence-corrected chi connectivity index (χ2v) is 5.12. The molecule has 96 valence electrons. The van der Waals surface area contributed by atoms with Gasteiger partial charge in [0.05, 0.1) is 5.69 Å². The molecule has 0 saturated heterocycles. The number of aliphatic hydroxyl groups excluding tert-OH is 1. The quantitative estimate of drug-likeness (QED) is 0.787. The Morgan fingerprint density at radius 2 is 2.06 bits per heavy atom. The fraction of sp³-hybridized carbons (Fsp3) is 0.357. The predicted molar refractivity (Wildman–Crippen MR) is 75.7 cm³/mol. The number of aromatic nitrogens is 1. The molecule has 0 aliphatic heterocycles. The Morgan fingerprint density at radius 3 is 2.78 bits per heavy atom. The Balaban J connectivity index is 1.95. The van der Waals surface area contributed by atoms with Crippen LogP contribution < -0.4 is 5.32 Å². The van der Waals surface area contributed by atoms with Gasteiger partial charge in [0.1, 0.15) is 5.01 Å². The van der Waals surface area contributed by atoms with E-state index in [-0.39, 0.29) is 6.61 Å². The van der Waals surface area contributed by atoms with Crippen molar-refractivity contribution in [2.24, 2.45) is 0 Å². The van der Waals surface area contributed by atoms with Gasteiger partial charge in [0.2, 0.25) is 0 Å². The smallest absolute Gasteiger partial charge is 0.123 e. The average molecular weight is 262 g/mol. The van der Waals surface area contributed by atoms with Gasteiger partial charge in [-0.1, -0.05) is 29.8 Å². The van der Waals surface area contributed by atoms with Gasteiger partial charge >= 0.3 is 0 Å². The molecule has 1 aromatic heterocycles. The third kappa shape index (κ3) is 3.63. The van der Waals surface area contributed by atoms with Crippen LogP contribution in [-0.2, 0) is 6.54 Å². The van der Waals surface area contributed by atoms with Crippen molar-refractivity contribution in [3.8, 4) is 10.6 Å². The van der Waals surface area contributed by atoms with Crippen LogP contribution in [0, 0.1) is 6.92 Å². The van der Waals surface area contributed by atoms with Gasteiger partial charge in [-0.15, -0.1) is 11.3 Å². The van der Waals surface area contributed by atoms with Crippen molar-refractivity contribution in [3.05, 3.63) is 40.9 Å². The molecule has 0 aliphatic rings. The Bertz CT molecular complexity index is 479. The number of thiazole rings is 1. The Morgan fingerprint density at radius 1 is 1.28 bits per heavy atom. The Labute approximate surface area is 112 Å². The molecule has 2 rings (SSSR count). The van der Waals surface area contributed by atoms with E-state index < -0.39 is 0 Å². The number of aliphatic hydroxyl groups is 1. The number of benzene rings is 1. The minimum atomic E-state index is 0.235. The molecule has 1 heterocycles. The van der Waals surface area contributed by atoms with Gasteiger partial charge in [-0.3, -0.25) is 0 Å². The molecule has 1 aromatic carbocycles. The standard InChI is InChI=1S/C14H18N2OS/c1-11-3-5-12(6-4-11)14-16-13(10-18-14)9-15-7-2-8-17/h3-6,10,15,17H,2,7-9H2,1H3. The maximum absolute atomic E-state index is 8.69. The summed E-state index contributed by atoms with van der Waals surface area (Å²) < 4.78 is 0. The van der Waals surface area contributed by atoms with Gasteiger partial charge in [0, 0.05) is 24.1 Å². The molecular weight excluding hydrogens is 244 g/mol. The summed E-state index contributed by atoms with van der Waals surface area (Å²) in [5.41, 5.74) is 3.50. The lowest BCUT2D eigenvalue weighted by Crippen LogP contribution is -2.15. The van der Waals surface area contributed by atoms with Crippen molar-refractivity contribution < 1.29 is 5.11 Å². The second kappa shape index (κ2) is 6.64. The summed E-state index contributed by atoms with van der Waals surface area (Å²) in [5.74, 6) is 0. The zero-order valence-electron chi connectivity index (χ0n) is 10.5. The molecule has 0 bridgehead atoms. The molecule has 0 amide bonds. The van der Waals surface area contributed by atoms with Crippen LogP contribution >= 0.6 is 11.3 Å². The van der Waals surface area contributed by atoms with Crippen LogP contribution in [0.15, 0.2) is 29.6 Å². The maximum atomic E-state index is 8.69. The number of hydrogen-bond acceptors (Lipinski definition) is 4. The zero-order chi connectivity index (χ0) is 12.8. The van der Waals surface area contributed by atoms with E-state index in [1.165, 1.54) is 11.1 Å². The number of hydrogen-bond donors (Lipinski definition) is 2. The van der Waals surface area contributed by atoms with Gasteiger partial charge in [-0.05, 0) is 19.9 Å². The van der Waals surface area contributed by atoms with Crippen molar-refractivity contribution >= 4 is 11.3 Å². The van der Waals surface area contributed by atoms with Crippen LogP contribution in [0.4, 0.5) is 0 Å². The first-order chi connectivity index (χ1) is 8.79. The Hall–Kier alpha value is -1.23. The maximum Gasteiger partial charge on any atom is 0.123 e. The molecule has 3 nitrogen and oxygen atoms in total. The van der Waals surface area contributed by atoms with E-state index in [0.717, 1.165) is 30.2 Å². The van der Waals surface area contributed by atoms with E-state index in [9.17, 15) is 0 Å². The molecule has 2 aromatic rings. The van der Waals surface area contributed by atoms with Crippen molar-refractivity contribution in [2.45, 2.75) is 19.9 Å². The summed E-state index contributed by atoms with van der Waals surface area (Å²) in [7, 11) is 0. The lowest BCUT2D eigenvalue weighted by molar-refractivity contribution is 0.286. The monoisotopic (exact) mass is 262 g/mol. The molecule has 0 unspecified atom stereocenters. The lowest BCUT2D eigenvalue weighted by Gasteiger charge is -2.00. The van der Waals surface area contributed by atoms with Crippen LogP contribution in [0.3, 0.4) is 0 Å². The highest BCUT2D eigenvalue weighted by atomic mass is 32.1. The van der Waals surface area contributed by atoms with Gasteiger partial charge in [0.25, 0.3) is 0 Å². The van der Waals surface area contributed by atoms with E-state index in [1.807, 2.05) is 0 Å². The summed E-state index contributed by atoms with van der Waals surface area (Å²) in [5, 5.41) is 15.1.